The zero-order valence-electron chi connectivity index (χ0n) is 6.24. The van der Waals surface area contributed by atoms with Crippen molar-refractivity contribution < 1.29 is 0 Å². The second-order valence-electron chi connectivity index (χ2n) is 1.96. The van der Waals surface area contributed by atoms with Crippen LogP contribution in [0.5, 0.6) is 0 Å². The minimum absolute atomic E-state index is 0. The Kier molecular flexibility index (Phi) is 14.7. The minimum Gasteiger partial charge on any atom is -0.323 e. The van der Waals surface area contributed by atoms with E-state index in [2.05, 4.69) is 10.6 Å². The lowest BCUT2D eigenvalue weighted by atomic mass is 10.4. The predicted molar refractivity (Wildman–Crippen MR) is 44.3 cm³/mol. The number of hydrogen-bond donors (Lipinski definition) is 2. The van der Waals surface area contributed by atoms with Gasteiger partial charge in [-0.15, -0.1) is 12.4 Å². The molecule has 1 aliphatic rings. The van der Waals surface area contributed by atoms with Crippen molar-refractivity contribution in [1.29, 1.82) is 0 Å². The molecule has 0 aromatic heterocycles. The van der Waals surface area contributed by atoms with Crippen molar-refractivity contribution in [3.8, 4) is 0 Å². The molecular formula is C6H17ClN2. The number of rotatable bonds is 0. The fraction of sp³-hybridized carbons (Fsp3) is 1.00. The van der Waals surface area contributed by atoms with E-state index >= 15 is 0 Å². The Morgan fingerprint density at radius 3 is 1.56 bits per heavy atom. The van der Waals surface area contributed by atoms with E-state index in [-0.39, 0.29) is 12.4 Å². The van der Waals surface area contributed by atoms with Crippen LogP contribution in [0.2, 0.25) is 0 Å². The van der Waals surface area contributed by atoms with Crippen LogP contribution in [0.3, 0.4) is 0 Å². The standard InChI is InChI=1S/C4H9N.C2H7N.ClH/c1-2-4-5-3-1;1-3-2;/h5H,1-4H2;3H,1-2H3;1H. The Morgan fingerprint density at radius 1 is 1.11 bits per heavy atom. The summed E-state index contributed by atoms with van der Waals surface area (Å²) in [5, 5.41) is 5.97. The van der Waals surface area contributed by atoms with Crippen LogP contribution in [-0.2, 0) is 0 Å². The van der Waals surface area contributed by atoms with Crippen molar-refractivity contribution in [2.45, 2.75) is 12.8 Å². The Balaban J connectivity index is 0. The number of hydrogen-bond acceptors (Lipinski definition) is 2. The highest BCUT2D eigenvalue weighted by Gasteiger charge is 1.93. The highest BCUT2D eigenvalue weighted by Crippen LogP contribution is 1.90. The van der Waals surface area contributed by atoms with E-state index in [0.717, 1.165) is 0 Å². The summed E-state index contributed by atoms with van der Waals surface area (Å²) >= 11 is 0. The van der Waals surface area contributed by atoms with E-state index in [1.807, 2.05) is 14.1 Å². The van der Waals surface area contributed by atoms with Crippen LogP contribution >= 0.6 is 12.4 Å². The molecule has 1 saturated heterocycles. The van der Waals surface area contributed by atoms with E-state index in [1.54, 1.807) is 0 Å². The molecule has 0 aliphatic carbocycles. The molecule has 0 unspecified atom stereocenters. The number of halogens is 1. The largest absolute Gasteiger partial charge is 0.323 e. The van der Waals surface area contributed by atoms with Crippen molar-refractivity contribution in [2.75, 3.05) is 27.2 Å². The van der Waals surface area contributed by atoms with Crippen LogP contribution in [-0.4, -0.2) is 27.2 Å². The Morgan fingerprint density at radius 2 is 1.44 bits per heavy atom. The summed E-state index contributed by atoms with van der Waals surface area (Å²) in [7, 11) is 3.75. The quantitative estimate of drug-likeness (QED) is 0.532. The summed E-state index contributed by atoms with van der Waals surface area (Å²) in [6, 6.07) is 0. The highest BCUT2D eigenvalue weighted by atomic mass is 35.5. The Labute approximate surface area is 63.8 Å². The lowest BCUT2D eigenvalue weighted by Gasteiger charge is -1.76. The second kappa shape index (κ2) is 11.1. The topological polar surface area (TPSA) is 24.1 Å². The molecule has 1 heterocycles. The van der Waals surface area contributed by atoms with Gasteiger partial charge in [0.2, 0.25) is 0 Å². The summed E-state index contributed by atoms with van der Waals surface area (Å²) in [5.41, 5.74) is 0. The third-order valence-corrected chi connectivity index (χ3v) is 0.957. The molecule has 0 aromatic rings. The van der Waals surface area contributed by atoms with Gasteiger partial charge >= 0.3 is 0 Å². The lowest BCUT2D eigenvalue weighted by Crippen LogP contribution is -2.03. The average Bonchev–Trinajstić information content (AvgIpc) is 2.17. The predicted octanol–water partition coefficient (Wildman–Crippen LogP) is 0.627. The average molecular weight is 153 g/mol. The smallest absolute Gasteiger partial charge is 0.00484 e. The van der Waals surface area contributed by atoms with Crippen molar-refractivity contribution in [2.24, 2.45) is 0 Å². The molecule has 1 fully saturated rings. The SMILES string of the molecule is C1CCNC1.CNC.Cl. The van der Waals surface area contributed by atoms with Gasteiger partial charge in [0.25, 0.3) is 0 Å². The van der Waals surface area contributed by atoms with E-state index in [1.165, 1.54) is 25.9 Å². The van der Waals surface area contributed by atoms with Crippen molar-refractivity contribution in [3.05, 3.63) is 0 Å². The van der Waals surface area contributed by atoms with Crippen LogP contribution in [0, 0.1) is 0 Å². The highest BCUT2D eigenvalue weighted by molar-refractivity contribution is 5.85. The van der Waals surface area contributed by atoms with Gasteiger partial charge in [0, 0.05) is 0 Å². The van der Waals surface area contributed by atoms with Crippen molar-refractivity contribution >= 4 is 12.4 Å². The summed E-state index contributed by atoms with van der Waals surface area (Å²) < 4.78 is 0. The van der Waals surface area contributed by atoms with Crippen LogP contribution in [0.15, 0.2) is 0 Å². The van der Waals surface area contributed by atoms with Gasteiger partial charge in [0.1, 0.15) is 0 Å². The molecule has 2 N–H and O–H groups in total. The van der Waals surface area contributed by atoms with Crippen LogP contribution in [0.25, 0.3) is 0 Å². The molecule has 0 atom stereocenters. The zero-order chi connectivity index (χ0) is 6.24. The maximum absolute atomic E-state index is 3.22. The third kappa shape index (κ3) is 11.7. The van der Waals surface area contributed by atoms with Crippen LogP contribution in [0.4, 0.5) is 0 Å². The molecule has 0 amide bonds. The van der Waals surface area contributed by atoms with Gasteiger partial charge in [0.05, 0.1) is 0 Å². The van der Waals surface area contributed by atoms with Gasteiger partial charge in [-0.05, 0) is 40.0 Å². The monoisotopic (exact) mass is 152 g/mol. The summed E-state index contributed by atoms with van der Waals surface area (Å²) in [4.78, 5) is 0. The van der Waals surface area contributed by atoms with Crippen molar-refractivity contribution in [3.63, 3.8) is 0 Å². The fourth-order valence-corrected chi connectivity index (χ4v) is 0.625. The van der Waals surface area contributed by atoms with E-state index in [9.17, 15) is 0 Å². The molecule has 0 bridgehead atoms. The molecule has 3 heteroatoms. The van der Waals surface area contributed by atoms with Gasteiger partial charge in [-0.25, -0.2) is 0 Å². The first-order chi connectivity index (χ1) is 3.91. The normalized spacial score (nSPS) is 15.3. The minimum atomic E-state index is 0. The van der Waals surface area contributed by atoms with Gasteiger partial charge in [0.15, 0.2) is 0 Å². The van der Waals surface area contributed by atoms with Crippen LogP contribution < -0.4 is 10.6 Å². The molecule has 2 nitrogen and oxygen atoms in total. The molecular weight excluding hydrogens is 136 g/mol. The van der Waals surface area contributed by atoms with Crippen molar-refractivity contribution in [1.82, 2.24) is 10.6 Å². The molecule has 0 saturated carbocycles. The summed E-state index contributed by atoms with van der Waals surface area (Å²) in [6.07, 6.45) is 2.78. The number of nitrogens with one attached hydrogen (secondary N) is 2. The molecule has 1 aliphatic heterocycles. The van der Waals surface area contributed by atoms with Gasteiger partial charge in [-0.1, -0.05) is 0 Å². The Hall–Kier alpha value is 0.210. The lowest BCUT2D eigenvalue weighted by molar-refractivity contribution is 0.857. The molecule has 0 aromatic carbocycles. The van der Waals surface area contributed by atoms with Gasteiger partial charge in [-0.2, -0.15) is 0 Å². The molecule has 9 heavy (non-hydrogen) atoms. The van der Waals surface area contributed by atoms with E-state index in [0.29, 0.717) is 0 Å². The zero-order valence-corrected chi connectivity index (χ0v) is 7.05. The van der Waals surface area contributed by atoms with E-state index < -0.39 is 0 Å². The first-order valence-electron chi connectivity index (χ1n) is 3.21. The van der Waals surface area contributed by atoms with E-state index in [4.69, 9.17) is 0 Å². The maximum atomic E-state index is 3.22. The fourth-order valence-electron chi connectivity index (χ4n) is 0.625. The third-order valence-electron chi connectivity index (χ3n) is 0.957. The molecule has 0 spiro atoms. The van der Waals surface area contributed by atoms with Gasteiger partial charge < -0.3 is 10.6 Å². The first-order valence-corrected chi connectivity index (χ1v) is 3.21. The summed E-state index contributed by atoms with van der Waals surface area (Å²) in [6.45, 7) is 2.50. The van der Waals surface area contributed by atoms with Crippen LogP contribution in [0.1, 0.15) is 12.8 Å². The molecule has 0 radical (unpaired) electrons. The molecule has 1 rings (SSSR count). The van der Waals surface area contributed by atoms with Gasteiger partial charge in [-0.3, -0.25) is 0 Å². The summed E-state index contributed by atoms with van der Waals surface area (Å²) in [5.74, 6) is 0. The Bertz CT molecular complexity index is 30.4. The first kappa shape index (κ1) is 11.9. The maximum Gasteiger partial charge on any atom is -0.00484 e. The molecule has 58 valence electrons. The second-order valence-corrected chi connectivity index (χ2v) is 1.96.